The van der Waals surface area contributed by atoms with Crippen LogP contribution in [0.1, 0.15) is 20.8 Å². The molecule has 0 spiro atoms. The van der Waals surface area contributed by atoms with E-state index in [1.165, 1.54) is 6.92 Å². The van der Waals surface area contributed by atoms with E-state index >= 15 is 0 Å². The molecule has 0 aliphatic carbocycles. The van der Waals surface area contributed by atoms with E-state index in [1.54, 1.807) is 0 Å². The molecule has 0 amide bonds. The fraction of sp³-hybridized carbons (Fsp3) is 0.700. The largest absolute Gasteiger partial charge is 0.461 e. The van der Waals surface area contributed by atoms with Crippen LogP contribution in [0.25, 0.3) is 0 Å². The first-order valence-electron chi connectivity index (χ1n) is 5.09. The molecule has 0 aromatic heterocycles. The Hall–Kier alpha value is -1.00. The highest BCUT2D eigenvalue weighted by atomic mass is 127. The van der Waals surface area contributed by atoms with Crippen LogP contribution >= 0.6 is 22.6 Å². The van der Waals surface area contributed by atoms with Gasteiger partial charge in [-0.05, 0) is 6.92 Å². The Morgan fingerprint density at radius 2 is 1.68 bits per heavy atom. The van der Waals surface area contributed by atoms with Crippen molar-refractivity contribution >= 4 is 41.0 Å². The molecule has 0 unspecified atom stereocenters. The van der Waals surface area contributed by atoms with Gasteiger partial charge in [-0.1, -0.05) is 0 Å². The summed E-state index contributed by atoms with van der Waals surface area (Å²) in [5.41, 5.74) is 0. The summed E-state index contributed by atoms with van der Waals surface area (Å²) in [6.07, 6.45) is -4.88. The second-order valence-corrected chi connectivity index (χ2v) is 5.02. The maximum atomic E-state index is 13.4. The van der Waals surface area contributed by atoms with Crippen LogP contribution in [0.5, 0.6) is 0 Å². The average molecular weight is 394 g/mol. The first-order chi connectivity index (χ1) is 8.59. The van der Waals surface area contributed by atoms with Gasteiger partial charge in [0.25, 0.3) is 6.47 Å². The lowest BCUT2D eigenvalue weighted by Gasteiger charge is -2.31. The fourth-order valence-electron chi connectivity index (χ4n) is 1.26. The molecule has 0 aromatic rings. The lowest BCUT2D eigenvalue weighted by atomic mass is 10.1. The first-order valence-corrected chi connectivity index (χ1v) is 6.17. The van der Waals surface area contributed by atoms with Gasteiger partial charge >= 0.3 is 15.9 Å². The van der Waals surface area contributed by atoms with Crippen LogP contribution in [0.15, 0.2) is 0 Å². The zero-order chi connectivity index (χ0) is 15.2. The van der Waals surface area contributed by atoms with Gasteiger partial charge < -0.3 is 14.2 Å². The third-order valence-electron chi connectivity index (χ3n) is 1.95. The Morgan fingerprint density at radius 1 is 1.21 bits per heavy atom. The zero-order valence-corrected chi connectivity index (χ0v) is 12.6. The van der Waals surface area contributed by atoms with Gasteiger partial charge in [-0.2, -0.15) is 8.78 Å². The summed E-state index contributed by atoms with van der Waals surface area (Å²) in [6, 6.07) is 0. The summed E-state index contributed by atoms with van der Waals surface area (Å²) in [6.45, 7) is 3.19. The van der Waals surface area contributed by atoms with E-state index in [9.17, 15) is 23.2 Å². The highest BCUT2D eigenvalue weighted by Gasteiger charge is 2.49. The van der Waals surface area contributed by atoms with Gasteiger partial charge in [0.05, 0.1) is 0 Å². The van der Waals surface area contributed by atoms with Crippen molar-refractivity contribution < 1.29 is 37.4 Å². The van der Waals surface area contributed by atoms with Crippen molar-refractivity contribution in [2.24, 2.45) is 0 Å². The molecule has 0 saturated carbocycles. The van der Waals surface area contributed by atoms with Gasteiger partial charge in [-0.3, -0.25) is 14.4 Å². The number of halogens is 3. The second-order valence-electron chi connectivity index (χ2n) is 3.58. The molecule has 0 heterocycles. The molecule has 110 valence electrons. The molecule has 0 fully saturated rings. The zero-order valence-electron chi connectivity index (χ0n) is 10.4. The molecule has 6 nitrogen and oxygen atoms in total. The van der Waals surface area contributed by atoms with Gasteiger partial charge in [0, 0.05) is 36.4 Å². The molecule has 3 atom stereocenters. The lowest BCUT2D eigenvalue weighted by Crippen LogP contribution is -2.50. The SMILES string of the molecule is CC(=O)O[C@H]([C@H](C)OC=O)[C@@H](OC(C)=O)C(F)(F)I. The van der Waals surface area contributed by atoms with Crippen molar-refractivity contribution in [3.05, 3.63) is 0 Å². The number of alkyl halides is 3. The molecule has 19 heavy (non-hydrogen) atoms. The van der Waals surface area contributed by atoms with Crippen molar-refractivity contribution in [3.8, 4) is 0 Å². The number of carbonyl (C=O) groups is 3. The van der Waals surface area contributed by atoms with Crippen LogP contribution in [0.3, 0.4) is 0 Å². The van der Waals surface area contributed by atoms with E-state index in [2.05, 4.69) is 14.2 Å². The topological polar surface area (TPSA) is 78.9 Å². The smallest absolute Gasteiger partial charge is 0.336 e. The van der Waals surface area contributed by atoms with E-state index in [1.807, 2.05) is 0 Å². The van der Waals surface area contributed by atoms with Crippen LogP contribution in [0.4, 0.5) is 8.78 Å². The highest BCUT2D eigenvalue weighted by molar-refractivity contribution is 14.1. The number of ether oxygens (including phenoxy) is 3. The second kappa shape index (κ2) is 7.56. The summed E-state index contributed by atoms with van der Waals surface area (Å²) < 4.78 is 37.0. The predicted octanol–water partition coefficient (Wildman–Crippen LogP) is 1.44. The normalized spacial score (nSPS) is 15.9. The van der Waals surface area contributed by atoms with Gasteiger partial charge in [0.1, 0.15) is 6.10 Å². The van der Waals surface area contributed by atoms with Gasteiger partial charge in [-0.15, -0.1) is 0 Å². The van der Waals surface area contributed by atoms with Crippen molar-refractivity contribution in [2.45, 2.75) is 43.0 Å². The summed E-state index contributed by atoms with van der Waals surface area (Å²) in [5.74, 6) is -1.85. The minimum absolute atomic E-state index is 0.0251. The van der Waals surface area contributed by atoms with Crippen LogP contribution in [-0.2, 0) is 28.6 Å². The van der Waals surface area contributed by atoms with Crippen molar-refractivity contribution in [1.29, 1.82) is 0 Å². The highest BCUT2D eigenvalue weighted by Crippen LogP contribution is 2.33. The van der Waals surface area contributed by atoms with Gasteiger partial charge in [-0.25, -0.2) is 0 Å². The number of hydrogen-bond acceptors (Lipinski definition) is 6. The average Bonchev–Trinajstić information content (AvgIpc) is 2.21. The van der Waals surface area contributed by atoms with Crippen molar-refractivity contribution in [2.75, 3.05) is 0 Å². The molecular formula is C10H13F2IO6. The Kier molecular flexibility index (Phi) is 7.16. The van der Waals surface area contributed by atoms with E-state index < -0.39 is 34.2 Å². The molecule has 9 heteroatoms. The van der Waals surface area contributed by atoms with Crippen molar-refractivity contribution in [1.82, 2.24) is 0 Å². The Morgan fingerprint density at radius 3 is 2.00 bits per heavy atom. The number of rotatable bonds is 7. The summed E-state index contributed by atoms with van der Waals surface area (Å²) in [4.78, 5) is 32.0. The molecule has 0 aliphatic rings. The minimum Gasteiger partial charge on any atom is -0.461 e. The molecule has 0 N–H and O–H groups in total. The quantitative estimate of drug-likeness (QED) is 0.214. The Bertz CT molecular complexity index is 343. The fourth-order valence-corrected chi connectivity index (χ4v) is 1.74. The maximum Gasteiger partial charge on any atom is 0.336 e. The molecule has 0 radical (unpaired) electrons. The monoisotopic (exact) mass is 394 g/mol. The van der Waals surface area contributed by atoms with E-state index in [-0.39, 0.29) is 6.47 Å². The van der Waals surface area contributed by atoms with Crippen LogP contribution in [0.2, 0.25) is 0 Å². The Labute approximate surface area is 121 Å². The number of carbonyl (C=O) groups excluding carboxylic acids is 3. The minimum atomic E-state index is -3.51. The number of esters is 2. The van der Waals surface area contributed by atoms with Gasteiger partial charge in [0.15, 0.2) is 6.10 Å². The van der Waals surface area contributed by atoms with E-state index in [4.69, 9.17) is 0 Å². The van der Waals surface area contributed by atoms with E-state index in [0.29, 0.717) is 0 Å². The Balaban J connectivity index is 5.27. The van der Waals surface area contributed by atoms with Crippen LogP contribution < -0.4 is 0 Å². The molecular weight excluding hydrogens is 381 g/mol. The van der Waals surface area contributed by atoms with Gasteiger partial charge in [0.2, 0.25) is 6.10 Å². The first kappa shape index (κ1) is 18.0. The molecule has 0 bridgehead atoms. The molecule has 0 rings (SSSR count). The van der Waals surface area contributed by atoms with E-state index in [0.717, 1.165) is 36.4 Å². The summed E-state index contributed by atoms with van der Waals surface area (Å²) >= 11 is 0.750. The predicted molar refractivity (Wildman–Crippen MR) is 66.7 cm³/mol. The summed E-state index contributed by atoms with van der Waals surface area (Å²) in [5, 5.41) is 0. The molecule has 0 aromatic carbocycles. The third kappa shape index (κ3) is 6.64. The number of hydrogen-bond donors (Lipinski definition) is 0. The van der Waals surface area contributed by atoms with Crippen LogP contribution in [-0.4, -0.2) is 40.7 Å². The third-order valence-corrected chi connectivity index (χ3v) is 2.56. The maximum absolute atomic E-state index is 13.4. The van der Waals surface area contributed by atoms with Crippen molar-refractivity contribution in [3.63, 3.8) is 0 Å². The molecule has 0 aliphatic heterocycles. The molecule has 0 saturated heterocycles. The lowest BCUT2D eigenvalue weighted by molar-refractivity contribution is -0.194. The standard InChI is InChI=1S/C10H13F2IO6/c1-5(17-4-14)8(18-6(2)15)9(10(11,12)13)19-7(3)16/h4-5,8-9H,1-3H3/t5-,8+,9+/m0/s1. The van der Waals surface area contributed by atoms with Crippen LogP contribution in [0, 0.1) is 0 Å². The summed E-state index contributed by atoms with van der Waals surface area (Å²) in [7, 11) is 0.